The lowest BCUT2D eigenvalue weighted by atomic mass is 10.0. The third kappa shape index (κ3) is 7.68. The highest BCUT2D eigenvalue weighted by Crippen LogP contribution is 2.19. The van der Waals surface area contributed by atoms with Gasteiger partial charge < -0.3 is 10.6 Å². The Bertz CT molecular complexity index is 1470. The largest absolute Gasteiger partial charge is 0.342 e. The molecule has 4 rings (SSSR count). The molecule has 0 saturated heterocycles. The smallest absolute Gasteiger partial charge is 0.251 e. The van der Waals surface area contributed by atoms with Crippen molar-refractivity contribution >= 4 is 46.4 Å². The first-order valence-electron chi connectivity index (χ1n) is 12.5. The minimum Gasteiger partial charge on any atom is -0.342 e. The van der Waals surface area contributed by atoms with Gasteiger partial charge in [0.1, 0.15) is 12.1 Å². The molecule has 0 spiro atoms. The van der Waals surface area contributed by atoms with Crippen LogP contribution in [-0.2, 0) is 16.0 Å². The van der Waals surface area contributed by atoms with Crippen molar-refractivity contribution in [2.24, 2.45) is 5.92 Å². The molecule has 0 radical (unpaired) electrons. The van der Waals surface area contributed by atoms with Crippen LogP contribution in [-0.4, -0.2) is 40.0 Å². The molecule has 0 fully saturated rings. The number of rotatable bonds is 10. The molecule has 10 heteroatoms. The highest BCUT2D eigenvalue weighted by molar-refractivity contribution is 7.73. The van der Waals surface area contributed by atoms with E-state index in [2.05, 4.69) is 26.1 Å². The molecule has 0 aliphatic heterocycles. The van der Waals surface area contributed by atoms with Crippen molar-refractivity contribution in [3.8, 4) is 11.1 Å². The van der Waals surface area contributed by atoms with Crippen LogP contribution in [0, 0.1) is 9.87 Å². The number of hydrogen-bond donors (Lipinski definition) is 4. The minimum absolute atomic E-state index is 0.223. The number of aromatic amines is 1. The Morgan fingerprint density at radius 2 is 1.46 bits per heavy atom. The van der Waals surface area contributed by atoms with Crippen LogP contribution < -0.4 is 16.0 Å². The third-order valence-corrected chi connectivity index (χ3v) is 7.08. The normalized spacial score (nSPS) is 12.4. The Hall–Kier alpha value is -4.15. The van der Waals surface area contributed by atoms with E-state index in [4.69, 9.17) is 12.2 Å². The van der Waals surface area contributed by atoms with Crippen LogP contribution in [0.3, 0.4) is 0 Å². The second-order valence-electron chi connectivity index (χ2n) is 9.30. The SMILES string of the molecule is CC(C)C(NC(=O)C(Cc1ccccc1)NC(=O)c1ccc(-c2ccccc2)cc1)C(=O)Nc1n[nH]c(=S)s1. The lowest BCUT2D eigenvalue weighted by Gasteiger charge is -2.25. The van der Waals surface area contributed by atoms with Crippen molar-refractivity contribution in [3.63, 3.8) is 0 Å². The van der Waals surface area contributed by atoms with Crippen molar-refractivity contribution in [1.29, 1.82) is 0 Å². The van der Waals surface area contributed by atoms with E-state index in [0.717, 1.165) is 28.0 Å². The summed E-state index contributed by atoms with van der Waals surface area (Å²) in [6.07, 6.45) is 0.258. The predicted molar refractivity (Wildman–Crippen MR) is 156 cm³/mol. The molecule has 200 valence electrons. The first-order chi connectivity index (χ1) is 18.8. The second-order valence-corrected chi connectivity index (χ2v) is 11.0. The molecule has 0 saturated carbocycles. The average molecular weight is 560 g/mol. The Labute approximate surface area is 235 Å². The number of nitrogens with zero attached hydrogens (tertiary/aromatic N) is 1. The van der Waals surface area contributed by atoms with Crippen LogP contribution in [0.15, 0.2) is 84.9 Å². The summed E-state index contributed by atoms with van der Waals surface area (Å²) in [5, 5.41) is 15.3. The van der Waals surface area contributed by atoms with Gasteiger partial charge in [-0.25, -0.2) is 0 Å². The van der Waals surface area contributed by atoms with E-state index in [1.54, 1.807) is 12.1 Å². The van der Waals surface area contributed by atoms with E-state index in [-0.39, 0.29) is 18.2 Å². The second kappa shape index (κ2) is 13.1. The molecule has 2 atom stereocenters. The number of nitrogens with one attached hydrogen (secondary N) is 4. The zero-order valence-corrected chi connectivity index (χ0v) is 23.1. The van der Waals surface area contributed by atoms with Gasteiger partial charge in [-0.05, 0) is 47.0 Å². The van der Waals surface area contributed by atoms with Crippen LogP contribution in [0.1, 0.15) is 29.8 Å². The Morgan fingerprint density at radius 3 is 2.05 bits per heavy atom. The van der Waals surface area contributed by atoms with Crippen LogP contribution in [0.4, 0.5) is 5.13 Å². The maximum absolute atomic E-state index is 13.5. The Balaban J connectivity index is 1.50. The highest BCUT2D eigenvalue weighted by Gasteiger charge is 2.29. The van der Waals surface area contributed by atoms with Gasteiger partial charge in [-0.15, -0.1) is 5.10 Å². The van der Waals surface area contributed by atoms with Crippen molar-refractivity contribution in [3.05, 3.63) is 100 Å². The van der Waals surface area contributed by atoms with Gasteiger partial charge in [0.15, 0.2) is 3.95 Å². The van der Waals surface area contributed by atoms with Crippen LogP contribution in [0.2, 0.25) is 0 Å². The number of carbonyl (C=O) groups is 3. The third-order valence-electron chi connectivity index (χ3n) is 6.07. The standard InChI is InChI=1S/C29H29N5O3S2/c1-18(2)24(27(37)32-28-33-34-29(38)39-28)31-26(36)23(17-19-9-5-3-6-10-19)30-25(35)22-15-13-21(14-16-22)20-11-7-4-8-12-20/h3-16,18,23-24H,17H2,1-2H3,(H,30,35)(H,31,36)(H,34,38)(H,32,33,37). The molecule has 0 aliphatic carbocycles. The maximum atomic E-state index is 13.5. The fourth-order valence-electron chi connectivity index (χ4n) is 4.00. The zero-order valence-electron chi connectivity index (χ0n) is 21.5. The minimum atomic E-state index is -0.907. The molecule has 1 aromatic heterocycles. The average Bonchev–Trinajstić information content (AvgIpc) is 3.36. The van der Waals surface area contributed by atoms with Crippen molar-refractivity contribution < 1.29 is 14.4 Å². The first-order valence-corrected chi connectivity index (χ1v) is 13.7. The van der Waals surface area contributed by atoms with Crippen molar-refractivity contribution in [2.75, 3.05) is 5.32 Å². The summed E-state index contributed by atoms with van der Waals surface area (Å²) in [5.41, 5.74) is 3.33. The Morgan fingerprint density at radius 1 is 0.846 bits per heavy atom. The van der Waals surface area contributed by atoms with E-state index >= 15 is 0 Å². The summed E-state index contributed by atoms with van der Waals surface area (Å²) in [5.74, 6) is -1.49. The Kier molecular flexibility index (Phi) is 9.35. The molecule has 8 nitrogen and oxygen atoms in total. The van der Waals surface area contributed by atoms with E-state index in [1.165, 1.54) is 0 Å². The summed E-state index contributed by atoms with van der Waals surface area (Å²) in [6.45, 7) is 3.66. The molecular weight excluding hydrogens is 530 g/mol. The number of aromatic nitrogens is 2. The van der Waals surface area contributed by atoms with Crippen LogP contribution in [0.25, 0.3) is 11.1 Å². The molecule has 4 aromatic rings. The summed E-state index contributed by atoms with van der Waals surface area (Å²) in [4.78, 5) is 39.7. The van der Waals surface area contributed by atoms with Gasteiger partial charge in [0.25, 0.3) is 5.91 Å². The summed E-state index contributed by atoms with van der Waals surface area (Å²) in [7, 11) is 0. The summed E-state index contributed by atoms with van der Waals surface area (Å²) >= 11 is 6.14. The molecular formula is C29H29N5O3S2. The molecule has 3 amide bonds. The van der Waals surface area contributed by atoms with E-state index < -0.39 is 23.9 Å². The van der Waals surface area contributed by atoms with Gasteiger partial charge in [0.05, 0.1) is 0 Å². The molecule has 0 bridgehead atoms. The highest BCUT2D eigenvalue weighted by atomic mass is 32.1. The van der Waals surface area contributed by atoms with Gasteiger partial charge >= 0.3 is 0 Å². The van der Waals surface area contributed by atoms with E-state index in [0.29, 0.717) is 14.6 Å². The quantitative estimate of drug-likeness (QED) is 0.204. The van der Waals surface area contributed by atoms with Gasteiger partial charge in [-0.2, -0.15) is 0 Å². The monoisotopic (exact) mass is 559 g/mol. The van der Waals surface area contributed by atoms with Crippen LogP contribution in [0.5, 0.6) is 0 Å². The van der Waals surface area contributed by atoms with Gasteiger partial charge in [0, 0.05) is 12.0 Å². The van der Waals surface area contributed by atoms with Gasteiger partial charge in [-0.3, -0.25) is 24.8 Å². The lowest BCUT2D eigenvalue weighted by Crippen LogP contribution is -2.55. The lowest BCUT2D eigenvalue weighted by molar-refractivity contribution is -0.128. The van der Waals surface area contributed by atoms with Crippen molar-refractivity contribution in [1.82, 2.24) is 20.8 Å². The molecule has 0 aliphatic rings. The number of amides is 3. The van der Waals surface area contributed by atoms with E-state index in [9.17, 15) is 14.4 Å². The molecule has 2 unspecified atom stereocenters. The maximum Gasteiger partial charge on any atom is 0.251 e. The predicted octanol–water partition coefficient (Wildman–Crippen LogP) is 4.99. The fraction of sp³-hybridized carbons (Fsp3) is 0.207. The topological polar surface area (TPSA) is 116 Å². The first kappa shape index (κ1) is 27.9. The van der Waals surface area contributed by atoms with Gasteiger partial charge in [-0.1, -0.05) is 98.0 Å². The number of benzene rings is 3. The zero-order chi connectivity index (χ0) is 27.8. The molecule has 4 N–H and O–H groups in total. The van der Waals surface area contributed by atoms with Gasteiger partial charge in [0.2, 0.25) is 16.9 Å². The summed E-state index contributed by atoms with van der Waals surface area (Å²) in [6, 6.07) is 24.7. The number of hydrogen-bond acceptors (Lipinski definition) is 6. The summed E-state index contributed by atoms with van der Waals surface area (Å²) < 4.78 is 0.429. The van der Waals surface area contributed by atoms with Crippen LogP contribution >= 0.6 is 23.6 Å². The number of H-pyrrole nitrogens is 1. The molecule has 3 aromatic carbocycles. The number of anilines is 1. The van der Waals surface area contributed by atoms with Crippen molar-refractivity contribution in [2.45, 2.75) is 32.4 Å². The molecule has 1 heterocycles. The number of carbonyl (C=O) groups excluding carboxylic acids is 3. The fourth-order valence-corrected chi connectivity index (χ4v) is 4.79. The molecule has 39 heavy (non-hydrogen) atoms. The van der Waals surface area contributed by atoms with E-state index in [1.807, 2.05) is 86.6 Å².